The van der Waals surface area contributed by atoms with Crippen LogP contribution in [0.2, 0.25) is 5.02 Å². The number of hydrogen-bond donors (Lipinski definition) is 1. The van der Waals surface area contributed by atoms with Crippen molar-refractivity contribution in [3.63, 3.8) is 0 Å². The first-order chi connectivity index (χ1) is 14.0. The number of ether oxygens (including phenoxy) is 1. The lowest BCUT2D eigenvalue weighted by molar-refractivity contribution is 0.131. The van der Waals surface area contributed by atoms with E-state index in [1.165, 1.54) is 11.3 Å². The molecule has 0 fully saturated rings. The third kappa shape index (κ3) is 3.52. The van der Waals surface area contributed by atoms with Gasteiger partial charge < -0.3 is 10.1 Å². The van der Waals surface area contributed by atoms with Crippen LogP contribution in [-0.2, 0) is 11.3 Å². The molecule has 6 nitrogen and oxygen atoms in total. The zero-order valence-corrected chi connectivity index (χ0v) is 17.5. The third-order valence-electron chi connectivity index (χ3n) is 4.75. The molecule has 0 unspecified atom stereocenters. The Labute approximate surface area is 177 Å². The van der Waals surface area contributed by atoms with Crippen LogP contribution in [0.4, 0.5) is 10.8 Å². The maximum absolute atomic E-state index is 6.52. The molecule has 0 saturated carbocycles. The molecule has 0 bridgehead atoms. The third-order valence-corrected chi connectivity index (χ3v) is 6.05. The second kappa shape index (κ2) is 6.93. The molecule has 3 aromatic rings. The van der Waals surface area contributed by atoms with Gasteiger partial charge in [-0.3, -0.25) is 4.99 Å². The second-order valence-electron chi connectivity index (χ2n) is 7.57. The molecule has 3 heterocycles. The number of fused-ring (bicyclic) bond motifs is 1. The number of benzene rings is 2. The van der Waals surface area contributed by atoms with Crippen molar-refractivity contribution in [3.05, 3.63) is 58.1 Å². The van der Waals surface area contributed by atoms with Crippen molar-refractivity contribution in [2.75, 3.05) is 11.9 Å². The summed E-state index contributed by atoms with van der Waals surface area (Å²) in [5.41, 5.74) is 4.55. The van der Waals surface area contributed by atoms with E-state index in [9.17, 15) is 0 Å². The molecule has 2 aliphatic rings. The van der Waals surface area contributed by atoms with E-state index in [2.05, 4.69) is 25.5 Å². The number of nitrogens with zero attached hydrogens (tertiary/aromatic N) is 4. The predicted octanol–water partition coefficient (Wildman–Crippen LogP) is 5.09. The molecular formula is C21H18ClN5OS. The Bertz CT molecular complexity index is 1170. The average molecular weight is 424 g/mol. The van der Waals surface area contributed by atoms with E-state index >= 15 is 0 Å². The van der Waals surface area contributed by atoms with Crippen molar-refractivity contribution >= 4 is 45.9 Å². The molecule has 0 amide bonds. The molecule has 5 rings (SSSR count). The number of aromatic nitrogens is 2. The summed E-state index contributed by atoms with van der Waals surface area (Å²) in [6.07, 6.45) is 1.81. The summed E-state index contributed by atoms with van der Waals surface area (Å²) in [4.78, 5) is 8.79. The fourth-order valence-corrected chi connectivity index (χ4v) is 4.30. The molecule has 29 heavy (non-hydrogen) atoms. The van der Waals surface area contributed by atoms with Gasteiger partial charge in [0.1, 0.15) is 10.6 Å². The Morgan fingerprint density at radius 3 is 2.83 bits per heavy atom. The summed E-state index contributed by atoms with van der Waals surface area (Å²) in [6.45, 7) is 5.41. The van der Waals surface area contributed by atoms with Crippen molar-refractivity contribution in [1.82, 2.24) is 10.2 Å². The Morgan fingerprint density at radius 1 is 1.14 bits per heavy atom. The number of rotatable bonds is 4. The van der Waals surface area contributed by atoms with E-state index < -0.39 is 0 Å². The van der Waals surface area contributed by atoms with Crippen molar-refractivity contribution in [2.45, 2.75) is 26.0 Å². The van der Waals surface area contributed by atoms with Crippen LogP contribution in [0, 0.1) is 0 Å². The number of nitrogens with one attached hydrogen (secondary N) is 1. The van der Waals surface area contributed by atoms with Gasteiger partial charge in [0.15, 0.2) is 0 Å². The molecule has 8 heteroatoms. The lowest BCUT2D eigenvalue weighted by Crippen LogP contribution is -2.24. The van der Waals surface area contributed by atoms with Crippen LogP contribution >= 0.6 is 22.9 Å². The van der Waals surface area contributed by atoms with Gasteiger partial charge in [0, 0.05) is 22.9 Å². The summed E-state index contributed by atoms with van der Waals surface area (Å²) >= 11 is 7.99. The Kier molecular flexibility index (Phi) is 4.37. The normalized spacial score (nSPS) is 16.4. The Hall–Kier alpha value is -2.77. The second-order valence-corrected chi connectivity index (χ2v) is 8.93. The molecule has 2 aromatic carbocycles. The van der Waals surface area contributed by atoms with Crippen LogP contribution in [0.1, 0.15) is 30.5 Å². The summed E-state index contributed by atoms with van der Waals surface area (Å²) in [5, 5.41) is 14.0. The summed E-state index contributed by atoms with van der Waals surface area (Å²) in [7, 11) is 0. The van der Waals surface area contributed by atoms with Crippen LogP contribution < -0.4 is 5.32 Å². The minimum atomic E-state index is -0.259. The van der Waals surface area contributed by atoms with Gasteiger partial charge in [-0.1, -0.05) is 41.1 Å². The van der Waals surface area contributed by atoms with Crippen molar-refractivity contribution in [2.24, 2.45) is 9.98 Å². The van der Waals surface area contributed by atoms with E-state index in [1.807, 2.05) is 56.5 Å². The summed E-state index contributed by atoms with van der Waals surface area (Å²) in [5.74, 6) is 0.673. The van der Waals surface area contributed by atoms with Crippen LogP contribution in [0.25, 0.3) is 10.6 Å². The SMILES string of the molecule is CC1(C)CN=C(c2cccc(-c3nnc(Nc4ccc5c(c4Cl)C=NC5)s3)c2)O1. The fraction of sp³-hybridized carbons (Fsp3) is 0.238. The molecule has 0 aliphatic carbocycles. The van der Waals surface area contributed by atoms with E-state index in [0.29, 0.717) is 29.1 Å². The topological polar surface area (TPSA) is 71.8 Å². The van der Waals surface area contributed by atoms with Crippen LogP contribution in [0.5, 0.6) is 0 Å². The lowest BCUT2D eigenvalue weighted by atomic mass is 10.1. The van der Waals surface area contributed by atoms with Gasteiger partial charge in [-0.2, -0.15) is 0 Å². The average Bonchev–Trinajstić information content (AvgIpc) is 3.44. The van der Waals surface area contributed by atoms with E-state index in [1.54, 1.807) is 0 Å². The Morgan fingerprint density at radius 2 is 2.00 bits per heavy atom. The van der Waals surface area contributed by atoms with Crippen molar-refractivity contribution in [1.29, 1.82) is 0 Å². The molecule has 146 valence electrons. The first kappa shape index (κ1) is 18.3. The molecule has 1 N–H and O–H groups in total. The van der Waals surface area contributed by atoms with E-state index in [-0.39, 0.29) is 5.60 Å². The van der Waals surface area contributed by atoms with Crippen molar-refractivity contribution in [3.8, 4) is 10.6 Å². The maximum Gasteiger partial charge on any atom is 0.216 e. The number of aliphatic imine (C=N–C) groups is 2. The number of halogens is 1. The first-order valence-electron chi connectivity index (χ1n) is 9.24. The minimum absolute atomic E-state index is 0.259. The van der Waals surface area contributed by atoms with Gasteiger partial charge >= 0.3 is 0 Å². The molecule has 0 radical (unpaired) electrons. The Balaban J connectivity index is 1.39. The number of hydrogen-bond acceptors (Lipinski definition) is 7. The van der Waals surface area contributed by atoms with Crippen LogP contribution in [0.15, 0.2) is 46.4 Å². The van der Waals surface area contributed by atoms with E-state index in [0.717, 1.165) is 32.9 Å². The van der Waals surface area contributed by atoms with Gasteiger partial charge in [0.25, 0.3) is 0 Å². The van der Waals surface area contributed by atoms with Gasteiger partial charge in [0.05, 0.1) is 23.8 Å². The molecular weight excluding hydrogens is 406 g/mol. The van der Waals surface area contributed by atoms with E-state index in [4.69, 9.17) is 16.3 Å². The molecule has 0 spiro atoms. The largest absolute Gasteiger partial charge is 0.469 e. The smallest absolute Gasteiger partial charge is 0.216 e. The highest BCUT2D eigenvalue weighted by Crippen LogP contribution is 2.35. The van der Waals surface area contributed by atoms with Gasteiger partial charge in [-0.25, -0.2) is 4.99 Å². The zero-order chi connectivity index (χ0) is 20.0. The number of anilines is 2. The predicted molar refractivity (Wildman–Crippen MR) is 118 cm³/mol. The van der Waals surface area contributed by atoms with Crippen LogP contribution in [0.3, 0.4) is 0 Å². The molecule has 0 atom stereocenters. The highest BCUT2D eigenvalue weighted by molar-refractivity contribution is 7.18. The van der Waals surface area contributed by atoms with Crippen molar-refractivity contribution < 1.29 is 4.74 Å². The first-order valence-corrected chi connectivity index (χ1v) is 10.4. The van der Waals surface area contributed by atoms with Gasteiger partial charge in [-0.05, 0) is 37.6 Å². The van der Waals surface area contributed by atoms with Crippen LogP contribution in [-0.4, -0.2) is 34.5 Å². The molecule has 2 aliphatic heterocycles. The lowest BCUT2D eigenvalue weighted by Gasteiger charge is -2.17. The fourth-order valence-electron chi connectivity index (χ4n) is 3.27. The monoisotopic (exact) mass is 423 g/mol. The summed E-state index contributed by atoms with van der Waals surface area (Å²) in [6, 6.07) is 12.0. The van der Waals surface area contributed by atoms with Gasteiger partial charge in [0.2, 0.25) is 11.0 Å². The standard InChI is InChI=1S/C21H18ClN5OS/c1-21(2)11-24-18(28-21)12-4-3-5-13(8-12)19-26-27-20(29-19)25-16-7-6-14-9-23-10-15(14)17(16)22/h3-8,10H,9,11H2,1-2H3,(H,25,27). The summed E-state index contributed by atoms with van der Waals surface area (Å²) < 4.78 is 5.94. The van der Waals surface area contributed by atoms with Gasteiger partial charge in [-0.15, -0.1) is 10.2 Å². The molecule has 0 saturated heterocycles. The maximum atomic E-state index is 6.52. The minimum Gasteiger partial charge on any atom is -0.469 e. The highest BCUT2D eigenvalue weighted by Gasteiger charge is 2.28. The zero-order valence-electron chi connectivity index (χ0n) is 15.9. The highest BCUT2D eigenvalue weighted by atomic mass is 35.5. The quantitative estimate of drug-likeness (QED) is 0.634. The molecule has 1 aromatic heterocycles.